The summed E-state index contributed by atoms with van der Waals surface area (Å²) in [5, 5.41) is 13.1. The Balaban J connectivity index is 2.04. The SMILES string of the molecule is COc1ccc(-c2cnn3cccnc23)cc1CCC(=O)O. The van der Waals surface area contributed by atoms with E-state index in [1.165, 1.54) is 0 Å². The van der Waals surface area contributed by atoms with Crippen LogP contribution in [0.25, 0.3) is 16.8 Å². The van der Waals surface area contributed by atoms with Crippen molar-refractivity contribution in [3.05, 3.63) is 48.4 Å². The molecule has 0 aliphatic carbocycles. The lowest BCUT2D eigenvalue weighted by atomic mass is 10.0. The standard InChI is InChI=1S/C16H15N3O3/c1-22-14-5-3-11(9-12(14)4-6-15(20)21)13-10-18-19-8-2-7-17-16(13)19/h2-3,5,7-10H,4,6H2,1H3,(H,20,21). The van der Waals surface area contributed by atoms with Crippen LogP contribution in [-0.4, -0.2) is 32.8 Å². The minimum Gasteiger partial charge on any atom is -0.496 e. The van der Waals surface area contributed by atoms with Crippen molar-refractivity contribution >= 4 is 11.6 Å². The highest BCUT2D eigenvalue weighted by molar-refractivity contribution is 5.78. The highest BCUT2D eigenvalue weighted by atomic mass is 16.5. The Morgan fingerprint density at radius 3 is 3.05 bits per heavy atom. The number of benzene rings is 1. The van der Waals surface area contributed by atoms with E-state index in [1.54, 1.807) is 24.0 Å². The topological polar surface area (TPSA) is 76.7 Å². The van der Waals surface area contributed by atoms with Gasteiger partial charge >= 0.3 is 5.97 Å². The van der Waals surface area contributed by atoms with Gasteiger partial charge in [0, 0.05) is 24.4 Å². The molecular weight excluding hydrogens is 282 g/mol. The second-order valence-electron chi connectivity index (χ2n) is 4.87. The summed E-state index contributed by atoms with van der Waals surface area (Å²) in [4.78, 5) is 15.1. The number of carboxylic acid groups (broad SMARTS) is 1. The van der Waals surface area contributed by atoms with E-state index in [9.17, 15) is 4.79 Å². The molecule has 1 aromatic carbocycles. The van der Waals surface area contributed by atoms with E-state index in [0.717, 1.165) is 22.3 Å². The fourth-order valence-corrected chi connectivity index (χ4v) is 2.41. The molecule has 112 valence electrons. The predicted molar refractivity (Wildman–Crippen MR) is 80.9 cm³/mol. The zero-order valence-electron chi connectivity index (χ0n) is 12.1. The van der Waals surface area contributed by atoms with Crippen molar-refractivity contribution < 1.29 is 14.6 Å². The van der Waals surface area contributed by atoms with Crippen molar-refractivity contribution in [1.29, 1.82) is 0 Å². The minimum atomic E-state index is -0.829. The Morgan fingerprint density at radius 2 is 2.27 bits per heavy atom. The molecule has 6 nitrogen and oxygen atoms in total. The molecule has 0 saturated heterocycles. The summed E-state index contributed by atoms with van der Waals surface area (Å²) in [5.74, 6) is -0.139. The zero-order valence-corrected chi connectivity index (χ0v) is 12.1. The Kier molecular flexibility index (Phi) is 3.74. The maximum atomic E-state index is 10.8. The molecule has 0 aliphatic heterocycles. The van der Waals surface area contributed by atoms with Crippen molar-refractivity contribution in [2.45, 2.75) is 12.8 Å². The minimum absolute atomic E-state index is 0.0623. The monoisotopic (exact) mass is 297 g/mol. The van der Waals surface area contributed by atoms with Gasteiger partial charge in [-0.25, -0.2) is 9.50 Å². The van der Waals surface area contributed by atoms with Gasteiger partial charge in [0.05, 0.1) is 13.3 Å². The van der Waals surface area contributed by atoms with E-state index in [-0.39, 0.29) is 6.42 Å². The number of carbonyl (C=O) groups is 1. The van der Waals surface area contributed by atoms with E-state index in [4.69, 9.17) is 9.84 Å². The van der Waals surface area contributed by atoms with Gasteiger partial charge in [0.25, 0.3) is 0 Å². The smallest absolute Gasteiger partial charge is 0.303 e. The molecule has 0 saturated carbocycles. The number of hydrogen-bond donors (Lipinski definition) is 1. The molecule has 6 heteroatoms. The lowest BCUT2D eigenvalue weighted by Gasteiger charge is -2.09. The quantitative estimate of drug-likeness (QED) is 0.782. The first-order valence-electron chi connectivity index (χ1n) is 6.86. The Labute approximate surface area is 127 Å². The van der Waals surface area contributed by atoms with Gasteiger partial charge in [0.1, 0.15) is 5.75 Å². The van der Waals surface area contributed by atoms with Gasteiger partial charge in [-0.2, -0.15) is 5.10 Å². The molecule has 0 fully saturated rings. The first-order valence-corrected chi connectivity index (χ1v) is 6.86. The maximum absolute atomic E-state index is 10.8. The number of aromatic nitrogens is 3. The second kappa shape index (κ2) is 5.85. The zero-order chi connectivity index (χ0) is 15.5. The first-order chi connectivity index (χ1) is 10.7. The molecule has 0 radical (unpaired) electrons. The number of fused-ring (bicyclic) bond motifs is 1. The molecule has 3 rings (SSSR count). The molecule has 22 heavy (non-hydrogen) atoms. The Morgan fingerprint density at radius 1 is 1.41 bits per heavy atom. The van der Waals surface area contributed by atoms with E-state index in [1.807, 2.05) is 30.5 Å². The molecule has 0 unspecified atom stereocenters. The van der Waals surface area contributed by atoms with Gasteiger partial charge in [-0.1, -0.05) is 6.07 Å². The van der Waals surface area contributed by atoms with Gasteiger partial charge in [0.15, 0.2) is 5.65 Å². The van der Waals surface area contributed by atoms with Crippen molar-refractivity contribution in [2.75, 3.05) is 7.11 Å². The van der Waals surface area contributed by atoms with Crippen LogP contribution in [0.15, 0.2) is 42.9 Å². The molecule has 3 aromatic rings. The number of ether oxygens (including phenoxy) is 1. The van der Waals surface area contributed by atoms with Crippen LogP contribution in [0.4, 0.5) is 0 Å². The van der Waals surface area contributed by atoms with Crippen LogP contribution in [0.3, 0.4) is 0 Å². The van der Waals surface area contributed by atoms with Gasteiger partial charge in [-0.15, -0.1) is 0 Å². The summed E-state index contributed by atoms with van der Waals surface area (Å²) in [5.41, 5.74) is 3.46. The normalized spacial score (nSPS) is 10.8. The molecule has 2 aromatic heterocycles. The molecule has 0 aliphatic rings. The molecule has 0 amide bonds. The molecule has 0 spiro atoms. The van der Waals surface area contributed by atoms with E-state index >= 15 is 0 Å². The number of methoxy groups -OCH3 is 1. The highest BCUT2D eigenvalue weighted by Gasteiger charge is 2.11. The highest BCUT2D eigenvalue weighted by Crippen LogP contribution is 2.29. The fourth-order valence-electron chi connectivity index (χ4n) is 2.41. The second-order valence-corrected chi connectivity index (χ2v) is 4.87. The van der Waals surface area contributed by atoms with E-state index in [2.05, 4.69) is 10.1 Å². The summed E-state index contributed by atoms with van der Waals surface area (Å²) in [6, 6.07) is 7.53. The van der Waals surface area contributed by atoms with Crippen LogP contribution in [-0.2, 0) is 11.2 Å². The third kappa shape index (κ3) is 2.63. The lowest BCUT2D eigenvalue weighted by Crippen LogP contribution is -2.00. The number of nitrogens with zero attached hydrogens (tertiary/aromatic N) is 3. The van der Waals surface area contributed by atoms with Crippen LogP contribution >= 0.6 is 0 Å². The summed E-state index contributed by atoms with van der Waals surface area (Å²) >= 11 is 0. The summed E-state index contributed by atoms with van der Waals surface area (Å²) in [6.07, 6.45) is 5.78. The first kappa shape index (κ1) is 14.1. The molecule has 0 atom stereocenters. The molecule has 1 N–H and O–H groups in total. The fraction of sp³-hybridized carbons (Fsp3) is 0.188. The van der Waals surface area contributed by atoms with Gasteiger partial charge in [-0.3, -0.25) is 4.79 Å². The van der Waals surface area contributed by atoms with E-state index in [0.29, 0.717) is 12.2 Å². The number of rotatable bonds is 5. The summed E-state index contributed by atoms with van der Waals surface area (Å²) in [6.45, 7) is 0. The van der Waals surface area contributed by atoms with Crippen LogP contribution in [0.5, 0.6) is 5.75 Å². The van der Waals surface area contributed by atoms with E-state index < -0.39 is 5.97 Å². The van der Waals surface area contributed by atoms with Crippen LogP contribution in [0.2, 0.25) is 0 Å². The van der Waals surface area contributed by atoms with Crippen LogP contribution < -0.4 is 4.74 Å². The van der Waals surface area contributed by atoms with Crippen LogP contribution in [0, 0.1) is 0 Å². The van der Waals surface area contributed by atoms with Crippen molar-refractivity contribution in [2.24, 2.45) is 0 Å². The Bertz CT molecular complexity index is 826. The van der Waals surface area contributed by atoms with Crippen molar-refractivity contribution in [3.63, 3.8) is 0 Å². The predicted octanol–water partition coefficient (Wildman–Crippen LogP) is 2.42. The molecular formula is C16H15N3O3. The molecule has 0 bridgehead atoms. The number of aliphatic carboxylic acids is 1. The maximum Gasteiger partial charge on any atom is 0.303 e. The van der Waals surface area contributed by atoms with Gasteiger partial charge in [-0.05, 0) is 35.7 Å². The third-order valence-electron chi connectivity index (χ3n) is 3.48. The number of carboxylic acids is 1. The lowest BCUT2D eigenvalue weighted by molar-refractivity contribution is -0.136. The Hall–Kier alpha value is -2.89. The summed E-state index contributed by atoms with van der Waals surface area (Å²) < 4.78 is 7.01. The van der Waals surface area contributed by atoms with Crippen molar-refractivity contribution in [1.82, 2.24) is 14.6 Å². The molecule has 2 heterocycles. The average molecular weight is 297 g/mol. The number of hydrogen-bond acceptors (Lipinski definition) is 4. The van der Waals surface area contributed by atoms with Gasteiger partial charge < -0.3 is 9.84 Å². The largest absolute Gasteiger partial charge is 0.496 e. The van der Waals surface area contributed by atoms with Crippen molar-refractivity contribution in [3.8, 4) is 16.9 Å². The van der Waals surface area contributed by atoms with Crippen LogP contribution in [0.1, 0.15) is 12.0 Å². The summed E-state index contributed by atoms with van der Waals surface area (Å²) in [7, 11) is 1.58. The number of aryl methyl sites for hydroxylation is 1. The third-order valence-corrected chi connectivity index (χ3v) is 3.48. The van der Waals surface area contributed by atoms with Gasteiger partial charge in [0.2, 0.25) is 0 Å². The average Bonchev–Trinajstić information content (AvgIpc) is 2.96.